The van der Waals surface area contributed by atoms with Gasteiger partial charge in [0.1, 0.15) is 11.5 Å². The Morgan fingerprint density at radius 3 is 2.23 bits per heavy atom. The topological polar surface area (TPSA) is 53.6 Å². The van der Waals surface area contributed by atoms with Gasteiger partial charge in [-0.05, 0) is 55.8 Å². The zero-order valence-corrected chi connectivity index (χ0v) is 17.3. The number of rotatable bonds is 6. The van der Waals surface area contributed by atoms with Gasteiger partial charge in [-0.15, -0.1) is 0 Å². The number of ether oxygens (including phenoxy) is 1. The van der Waals surface area contributed by atoms with Gasteiger partial charge in [-0.2, -0.15) is 0 Å². The number of amides is 2. The molecule has 3 aromatic rings. The molecule has 0 aliphatic carbocycles. The molecule has 0 spiro atoms. The monoisotopic (exact) mass is 401 g/mol. The standard InChI is InChI=1S/C25H27N3O2/c1-18-8-10-20(11-9-18)19(2)26-22-16-28(17-22)25(29)27-21-12-14-24(15-13-21)30-23-6-4-3-5-7-23/h3-15,19,22,26H,16-17H2,1-2H3,(H,27,29). The van der Waals surface area contributed by atoms with E-state index in [4.69, 9.17) is 4.74 Å². The van der Waals surface area contributed by atoms with Crippen molar-refractivity contribution in [2.75, 3.05) is 18.4 Å². The van der Waals surface area contributed by atoms with E-state index in [-0.39, 0.29) is 12.1 Å². The normalized spacial score (nSPS) is 14.7. The van der Waals surface area contributed by atoms with Crippen molar-refractivity contribution >= 4 is 11.7 Å². The van der Waals surface area contributed by atoms with Crippen LogP contribution >= 0.6 is 0 Å². The van der Waals surface area contributed by atoms with Crippen LogP contribution in [0.3, 0.4) is 0 Å². The Bertz CT molecular complexity index is 966. The van der Waals surface area contributed by atoms with Gasteiger partial charge in [-0.25, -0.2) is 4.79 Å². The van der Waals surface area contributed by atoms with Gasteiger partial charge in [0.25, 0.3) is 0 Å². The maximum atomic E-state index is 12.5. The number of para-hydroxylation sites is 1. The summed E-state index contributed by atoms with van der Waals surface area (Å²) in [5.74, 6) is 1.52. The Kier molecular flexibility index (Phi) is 6.00. The summed E-state index contributed by atoms with van der Waals surface area (Å²) in [6.07, 6.45) is 0. The second-order valence-electron chi connectivity index (χ2n) is 7.77. The van der Waals surface area contributed by atoms with Gasteiger partial charge in [-0.3, -0.25) is 0 Å². The molecular weight excluding hydrogens is 374 g/mol. The molecule has 3 aromatic carbocycles. The minimum atomic E-state index is -0.0761. The van der Waals surface area contributed by atoms with Crippen LogP contribution in [0.4, 0.5) is 10.5 Å². The molecule has 0 saturated carbocycles. The maximum Gasteiger partial charge on any atom is 0.321 e. The highest BCUT2D eigenvalue weighted by molar-refractivity contribution is 5.90. The van der Waals surface area contributed by atoms with E-state index < -0.39 is 0 Å². The highest BCUT2D eigenvalue weighted by Gasteiger charge is 2.31. The number of carbonyl (C=O) groups excluding carboxylic acids is 1. The predicted molar refractivity (Wildman–Crippen MR) is 120 cm³/mol. The third-order valence-corrected chi connectivity index (χ3v) is 5.32. The number of carbonyl (C=O) groups is 1. The molecule has 5 nitrogen and oxygen atoms in total. The van der Waals surface area contributed by atoms with Crippen molar-refractivity contribution in [1.29, 1.82) is 0 Å². The van der Waals surface area contributed by atoms with Gasteiger partial charge in [0.05, 0.1) is 0 Å². The van der Waals surface area contributed by atoms with Gasteiger partial charge >= 0.3 is 6.03 Å². The fourth-order valence-corrected chi connectivity index (χ4v) is 3.49. The van der Waals surface area contributed by atoms with Crippen molar-refractivity contribution in [1.82, 2.24) is 10.2 Å². The number of likely N-dealkylation sites (tertiary alicyclic amines) is 1. The van der Waals surface area contributed by atoms with Crippen molar-refractivity contribution in [3.05, 3.63) is 90.0 Å². The number of anilines is 1. The molecule has 4 rings (SSSR count). The van der Waals surface area contributed by atoms with Crippen LogP contribution in [-0.4, -0.2) is 30.1 Å². The first-order chi connectivity index (χ1) is 14.6. The summed E-state index contributed by atoms with van der Waals surface area (Å²) >= 11 is 0. The minimum absolute atomic E-state index is 0.0761. The van der Waals surface area contributed by atoms with Crippen LogP contribution in [-0.2, 0) is 0 Å². The highest BCUT2D eigenvalue weighted by Crippen LogP contribution is 2.23. The lowest BCUT2D eigenvalue weighted by Gasteiger charge is -2.41. The smallest absolute Gasteiger partial charge is 0.321 e. The summed E-state index contributed by atoms with van der Waals surface area (Å²) < 4.78 is 5.78. The van der Waals surface area contributed by atoms with Gasteiger partial charge in [0.15, 0.2) is 0 Å². The average Bonchev–Trinajstić information content (AvgIpc) is 2.73. The summed E-state index contributed by atoms with van der Waals surface area (Å²) in [5, 5.41) is 6.54. The molecule has 154 valence electrons. The molecule has 2 N–H and O–H groups in total. The van der Waals surface area contributed by atoms with Crippen LogP contribution in [0, 0.1) is 6.92 Å². The minimum Gasteiger partial charge on any atom is -0.457 e. The second-order valence-corrected chi connectivity index (χ2v) is 7.77. The van der Waals surface area contributed by atoms with Crippen molar-refractivity contribution in [3.8, 4) is 11.5 Å². The molecule has 0 aromatic heterocycles. The summed E-state index contributed by atoms with van der Waals surface area (Å²) in [4.78, 5) is 14.3. The van der Waals surface area contributed by atoms with Crippen molar-refractivity contribution < 1.29 is 9.53 Å². The number of urea groups is 1. The molecule has 2 amide bonds. The van der Waals surface area contributed by atoms with Crippen LogP contribution in [0.1, 0.15) is 24.1 Å². The first-order valence-corrected chi connectivity index (χ1v) is 10.3. The van der Waals surface area contributed by atoms with Gasteiger partial charge in [0.2, 0.25) is 0 Å². The third kappa shape index (κ3) is 4.99. The number of benzene rings is 3. The SMILES string of the molecule is Cc1ccc(C(C)NC2CN(C(=O)Nc3ccc(Oc4ccccc4)cc3)C2)cc1. The molecule has 30 heavy (non-hydrogen) atoms. The van der Waals surface area contributed by atoms with Crippen LogP contribution in [0.15, 0.2) is 78.9 Å². The average molecular weight is 402 g/mol. The van der Waals surface area contributed by atoms with E-state index in [1.165, 1.54) is 11.1 Å². The first-order valence-electron chi connectivity index (χ1n) is 10.3. The van der Waals surface area contributed by atoms with Crippen LogP contribution in [0.5, 0.6) is 11.5 Å². The largest absolute Gasteiger partial charge is 0.457 e. The number of hydrogen-bond acceptors (Lipinski definition) is 3. The molecule has 1 atom stereocenters. The van der Waals surface area contributed by atoms with E-state index in [0.717, 1.165) is 17.2 Å². The second kappa shape index (κ2) is 9.01. The van der Waals surface area contributed by atoms with E-state index in [1.54, 1.807) is 0 Å². The van der Waals surface area contributed by atoms with E-state index in [0.29, 0.717) is 19.1 Å². The van der Waals surface area contributed by atoms with Gasteiger partial charge in [-0.1, -0.05) is 48.0 Å². The summed E-state index contributed by atoms with van der Waals surface area (Å²) in [6.45, 7) is 5.66. The Labute approximate surface area is 177 Å². The fraction of sp³-hybridized carbons (Fsp3) is 0.240. The van der Waals surface area contributed by atoms with Gasteiger partial charge < -0.3 is 20.3 Å². The predicted octanol–water partition coefficient (Wildman–Crippen LogP) is 5.35. The molecule has 0 radical (unpaired) electrons. The fourth-order valence-electron chi connectivity index (χ4n) is 3.49. The molecule has 1 fully saturated rings. The summed E-state index contributed by atoms with van der Waals surface area (Å²) in [7, 11) is 0. The Morgan fingerprint density at radius 1 is 0.933 bits per heavy atom. The molecular formula is C25H27N3O2. The first kappa shape index (κ1) is 20.0. The lowest BCUT2D eigenvalue weighted by atomic mass is 10.0. The lowest BCUT2D eigenvalue weighted by Crippen LogP contribution is -2.61. The van der Waals surface area contributed by atoms with E-state index in [2.05, 4.69) is 48.7 Å². The third-order valence-electron chi connectivity index (χ3n) is 5.32. The van der Waals surface area contributed by atoms with Crippen LogP contribution < -0.4 is 15.4 Å². The van der Waals surface area contributed by atoms with Crippen molar-refractivity contribution in [2.24, 2.45) is 0 Å². The van der Waals surface area contributed by atoms with E-state index >= 15 is 0 Å². The number of nitrogens with one attached hydrogen (secondary N) is 2. The van der Waals surface area contributed by atoms with E-state index in [1.807, 2.05) is 59.5 Å². The van der Waals surface area contributed by atoms with E-state index in [9.17, 15) is 4.79 Å². The van der Waals surface area contributed by atoms with Crippen LogP contribution in [0.2, 0.25) is 0 Å². The zero-order valence-electron chi connectivity index (χ0n) is 17.3. The molecule has 1 aliphatic heterocycles. The summed E-state index contributed by atoms with van der Waals surface area (Å²) in [5.41, 5.74) is 3.28. The lowest BCUT2D eigenvalue weighted by molar-refractivity contribution is 0.143. The molecule has 1 saturated heterocycles. The van der Waals surface area contributed by atoms with Crippen LogP contribution in [0.25, 0.3) is 0 Å². The maximum absolute atomic E-state index is 12.5. The van der Waals surface area contributed by atoms with Crippen molar-refractivity contribution in [2.45, 2.75) is 25.9 Å². The zero-order chi connectivity index (χ0) is 20.9. The molecule has 5 heteroatoms. The molecule has 1 unspecified atom stereocenters. The molecule has 1 heterocycles. The highest BCUT2D eigenvalue weighted by atomic mass is 16.5. The Balaban J connectivity index is 1.23. The van der Waals surface area contributed by atoms with Crippen molar-refractivity contribution in [3.63, 3.8) is 0 Å². The number of hydrogen-bond donors (Lipinski definition) is 2. The summed E-state index contributed by atoms with van der Waals surface area (Å²) in [6, 6.07) is 26.1. The Hall–Kier alpha value is -3.31. The number of nitrogens with zero attached hydrogens (tertiary/aromatic N) is 1. The Morgan fingerprint density at radius 2 is 1.57 bits per heavy atom. The molecule has 1 aliphatic rings. The van der Waals surface area contributed by atoms with Gasteiger partial charge in [0, 0.05) is 30.9 Å². The molecule has 0 bridgehead atoms. The number of aryl methyl sites for hydroxylation is 1. The quantitative estimate of drug-likeness (QED) is 0.585.